The number of carbonyl (C=O) groups is 3. The van der Waals surface area contributed by atoms with Crippen molar-refractivity contribution in [2.45, 2.75) is 58.0 Å². The minimum absolute atomic E-state index is 0.0572. The predicted molar refractivity (Wildman–Crippen MR) is 151 cm³/mol. The van der Waals surface area contributed by atoms with Gasteiger partial charge in [-0.15, -0.1) is 11.6 Å². The van der Waals surface area contributed by atoms with Crippen molar-refractivity contribution in [2.24, 2.45) is 10.9 Å². The number of halogens is 2. The van der Waals surface area contributed by atoms with E-state index in [1.165, 1.54) is 19.5 Å². The summed E-state index contributed by atoms with van der Waals surface area (Å²) in [6.45, 7) is 7.60. The van der Waals surface area contributed by atoms with Crippen LogP contribution in [0.5, 0.6) is 0 Å². The number of esters is 1. The van der Waals surface area contributed by atoms with Crippen molar-refractivity contribution in [3.05, 3.63) is 53.2 Å². The second-order valence-electron chi connectivity index (χ2n) is 8.81. The normalized spacial score (nSPS) is 14.3. The quantitative estimate of drug-likeness (QED) is 0.120. The lowest BCUT2D eigenvalue weighted by atomic mass is 9.98. The Bertz CT molecular complexity index is 964. The van der Waals surface area contributed by atoms with Crippen molar-refractivity contribution in [3.8, 4) is 0 Å². The number of anilines is 1. The molecule has 3 N–H and O–H groups in total. The van der Waals surface area contributed by atoms with Crippen molar-refractivity contribution in [1.29, 1.82) is 0 Å². The van der Waals surface area contributed by atoms with E-state index in [-0.39, 0.29) is 41.2 Å². The Morgan fingerprint density at radius 3 is 2.41 bits per heavy atom. The molecular formula is C27H38Cl2N4O4. The van der Waals surface area contributed by atoms with E-state index in [1.807, 2.05) is 14.0 Å². The fourth-order valence-corrected chi connectivity index (χ4v) is 4.01. The molecule has 2 amide bonds. The molecule has 1 aromatic rings. The molecule has 204 valence electrons. The average molecular weight is 554 g/mol. The summed E-state index contributed by atoms with van der Waals surface area (Å²) in [6.07, 6.45) is 5.61. The zero-order valence-electron chi connectivity index (χ0n) is 22.0. The highest BCUT2D eigenvalue weighted by molar-refractivity contribution is 6.35. The minimum atomic E-state index is -0.816. The third-order valence-corrected chi connectivity index (χ3v) is 6.46. The fourth-order valence-electron chi connectivity index (χ4n) is 3.44. The summed E-state index contributed by atoms with van der Waals surface area (Å²) in [7, 11) is 3.20. The third kappa shape index (κ3) is 12.4. The number of rotatable bonds is 16. The molecule has 0 radical (unpaired) electrons. The van der Waals surface area contributed by atoms with Gasteiger partial charge in [-0.05, 0) is 50.4 Å². The van der Waals surface area contributed by atoms with Crippen molar-refractivity contribution < 1.29 is 19.1 Å². The maximum atomic E-state index is 12.6. The van der Waals surface area contributed by atoms with Crippen LogP contribution in [0.15, 0.2) is 52.6 Å². The number of allylic oxidation sites excluding steroid dienone is 1. The number of ether oxygens (including phenoxy) is 1. The lowest BCUT2D eigenvalue weighted by Gasteiger charge is -2.19. The van der Waals surface area contributed by atoms with Gasteiger partial charge in [-0.1, -0.05) is 37.2 Å². The van der Waals surface area contributed by atoms with Gasteiger partial charge in [-0.2, -0.15) is 0 Å². The van der Waals surface area contributed by atoms with Crippen LogP contribution in [0.25, 0.3) is 0 Å². The van der Waals surface area contributed by atoms with Gasteiger partial charge in [0.05, 0.1) is 13.0 Å². The summed E-state index contributed by atoms with van der Waals surface area (Å²) < 4.78 is 4.89. The van der Waals surface area contributed by atoms with E-state index >= 15 is 0 Å². The fraction of sp³-hybridized carbons (Fsp3) is 0.481. The minimum Gasteiger partial charge on any atom is -0.467 e. The molecule has 3 unspecified atom stereocenters. The Labute approximate surface area is 229 Å². The Balaban J connectivity index is 2.79. The summed E-state index contributed by atoms with van der Waals surface area (Å²) in [4.78, 5) is 41.4. The first-order valence-electron chi connectivity index (χ1n) is 12.2. The molecule has 1 aromatic carbocycles. The lowest BCUT2D eigenvalue weighted by Crippen LogP contribution is -2.43. The molecule has 0 aromatic heterocycles. The van der Waals surface area contributed by atoms with Crippen molar-refractivity contribution in [1.82, 2.24) is 10.6 Å². The van der Waals surface area contributed by atoms with Crippen molar-refractivity contribution in [3.63, 3.8) is 0 Å². The highest BCUT2D eigenvalue weighted by Gasteiger charge is 2.23. The Morgan fingerprint density at radius 2 is 1.84 bits per heavy atom. The second-order valence-corrected chi connectivity index (χ2v) is 9.53. The summed E-state index contributed by atoms with van der Waals surface area (Å²) in [5, 5.41) is 9.04. The maximum Gasteiger partial charge on any atom is 0.328 e. The van der Waals surface area contributed by atoms with Crippen molar-refractivity contribution in [2.75, 3.05) is 25.4 Å². The van der Waals surface area contributed by atoms with E-state index in [1.54, 1.807) is 24.3 Å². The number of aliphatic imine (C=N–C) groups is 1. The predicted octanol–water partition coefficient (Wildman–Crippen LogP) is 4.58. The lowest BCUT2D eigenvalue weighted by molar-refractivity contribution is -0.145. The largest absolute Gasteiger partial charge is 0.467 e. The van der Waals surface area contributed by atoms with Crippen LogP contribution in [-0.4, -0.2) is 56.1 Å². The molecule has 8 nitrogen and oxygen atoms in total. The van der Waals surface area contributed by atoms with E-state index in [2.05, 4.69) is 34.4 Å². The molecule has 10 heteroatoms. The molecule has 0 spiro atoms. The molecule has 0 bridgehead atoms. The van der Waals surface area contributed by atoms with Gasteiger partial charge in [0.1, 0.15) is 6.04 Å². The number of benzene rings is 1. The van der Waals surface area contributed by atoms with Crippen LogP contribution in [-0.2, 0) is 25.5 Å². The van der Waals surface area contributed by atoms with Gasteiger partial charge in [0.25, 0.3) is 5.91 Å². The zero-order chi connectivity index (χ0) is 27.8. The molecule has 0 saturated heterocycles. The summed E-state index contributed by atoms with van der Waals surface area (Å²) in [6, 6.07) is 6.50. The molecule has 0 saturated carbocycles. The smallest absolute Gasteiger partial charge is 0.328 e. The molecule has 1 rings (SSSR count). The summed E-state index contributed by atoms with van der Waals surface area (Å²) in [5.41, 5.74) is 1.56. The zero-order valence-corrected chi connectivity index (χ0v) is 23.5. The van der Waals surface area contributed by atoms with E-state index in [4.69, 9.17) is 27.9 Å². The number of carbonyl (C=O) groups excluding carboxylic acids is 3. The van der Waals surface area contributed by atoms with Crippen LogP contribution in [0.4, 0.5) is 5.69 Å². The van der Waals surface area contributed by atoms with Gasteiger partial charge < -0.3 is 20.7 Å². The number of nitrogens with one attached hydrogen (secondary N) is 3. The first-order chi connectivity index (χ1) is 17.6. The number of hydrogen-bond donors (Lipinski definition) is 3. The van der Waals surface area contributed by atoms with Crippen molar-refractivity contribution >= 4 is 52.9 Å². The first kappa shape index (κ1) is 32.3. The van der Waals surface area contributed by atoms with E-state index in [0.29, 0.717) is 18.2 Å². The standard InChI is InChI=1S/C27H38Cl2N4O4/c1-6-31-14-13-23(29)22(17-28)26(35)32-21-11-9-20(10-12-21)16-24(27(36)37-5)33-25(34)15-18(2)7-8-19(3)30-4/h6,9-12,14,18-19,24,30H,1,7-8,13,15-17H2,2-5H3,(H,32,35)(H,33,34)/b23-22-,31-14?. The van der Waals surface area contributed by atoms with Crippen LogP contribution in [0.3, 0.4) is 0 Å². The van der Waals surface area contributed by atoms with Gasteiger partial charge in [0, 0.05) is 54.0 Å². The SMILES string of the molecule is C=CN=CC/C(Cl)=C(\CCl)C(=O)Nc1ccc(CC(NC(=O)CC(C)CCC(C)NC)C(=O)OC)cc1. The van der Waals surface area contributed by atoms with E-state index < -0.39 is 17.9 Å². The van der Waals surface area contributed by atoms with Crippen LogP contribution >= 0.6 is 23.2 Å². The third-order valence-electron chi connectivity index (χ3n) is 5.81. The summed E-state index contributed by atoms with van der Waals surface area (Å²) in [5.74, 6) is -1.00. The molecule has 0 aliphatic carbocycles. The number of methoxy groups -OCH3 is 1. The highest BCUT2D eigenvalue weighted by Crippen LogP contribution is 2.19. The summed E-state index contributed by atoms with van der Waals surface area (Å²) >= 11 is 12.1. The molecule has 0 aliphatic rings. The van der Waals surface area contributed by atoms with Gasteiger partial charge in [0.15, 0.2) is 0 Å². The molecule has 0 aliphatic heterocycles. The van der Waals surface area contributed by atoms with Crippen LogP contribution in [0, 0.1) is 5.92 Å². The Hall–Kier alpha value is -2.68. The first-order valence-corrected chi connectivity index (χ1v) is 13.1. The number of alkyl halides is 1. The van der Waals surface area contributed by atoms with Gasteiger partial charge in [-0.25, -0.2) is 4.79 Å². The molecule has 0 fully saturated rings. The van der Waals surface area contributed by atoms with Gasteiger partial charge in [0.2, 0.25) is 5.91 Å². The maximum absolute atomic E-state index is 12.6. The van der Waals surface area contributed by atoms with Crippen LogP contribution in [0.2, 0.25) is 0 Å². The highest BCUT2D eigenvalue weighted by atomic mass is 35.5. The molecular weight excluding hydrogens is 515 g/mol. The Kier molecular flexibility index (Phi) is 15.5. The molecule has 0 heterocycles. The number of nitrogens with zero attached hydrogens (tertiary/aromatic N) is 1. The van der Waals surface area contributed by atoms with E-state index in [0.717, 1.165) is 18.4 Å². The average Bonchev–Trinajstić information content (AvgIpc) is 2.87. The number of amides is 2. The number of hydrogen-bond acceptors (Lipinski definition) is 6. The van der Waals surface area contributed by atoms with Crippen LogP contribution in [0.1, 0.15) is 45.1 Å². The Morgan fingerprint density at radius 1 is 1.16 bits per heavy atom. The van der Waals surface area contributed by atoms with Gasteiger partial charge >= 0.3 is 5.97 Å². The second kappa shape index (κ2) is 17.7. The van der Waals surface area contributed by atoms with Crippen LogP contribution < -0.4 is 16.0 Å². The molecule has 37 heavy (non-hydrogen) atoms. The monoisotopic (exact) mass is 552 g/mol. The van der Waals surface area contributed by atoms with Gasteiger partial charge in [-0.3, -0.25) is 14.6 Å². The van der Waals surface area contributed by atoms with E-state index in [9.17, 15) is 14.4 Å². The molecule has 3 atom stereocenters. The topological polar surface area (TPSA) is 109 Å².